The van der Waals surface area contributed by atoms with Gasteiger partial charge in [0.2, 0.25) is 8.32 Å². The number of halogens is 1. The number of aryl methyl sites for hydroxylation is 1. The van der Waals surface area contributed by atoms with Crippen LogP contribution in [-0.4, -0.2) is 20.0 Å². The lowest BCUT2D eigenvalue weighted by Crippen LogP contribution is -2.59. The summed E-state index contributed by atoms with van der Waals surface area (Å²) in [5, 5.41) is 4.63. The summed E-state index contributed by atoms with van der Waals surface area (Å²) in [5.41, 5.74) is 5.23. The van der Waals surface area contributed by atoms with Crippen LogP contribution in [0.15, 0.2) is 12.1 Å². The molecule has 2 nitrogen and oxygen atoms in total. The molecule has 1 aliphatic rings. The first-order chi connectivity index (χ1) is 11.9. The minimum Gasteiger partial charge on any atom is -0.410 e. The highest BCUT2D eigenvalue weighted by molar-refractivity contribution is 6.77. The van der Waals surface area contributed by atoms with Gasteiger partial charge in [-0.05, 0) is 54.6 Å². The van der Waals surface area contributed by atoms with E-state index in [1.54, 1.807) is 0 Å². The quantitative estimate of drug-likeness (QED) is 0.520. The van der Waals surface area contributed by atoms with Gasteiger partial charge in [-0.25, -0.2) is 0 Å². The molecular weight excluding hydrogens is 358 g/mol. The highest BCUT2D eigenvalue weighted by Gasteiger charge is 2.51. The van der Waals surface area contributed by atoms with Crippen molar-refractivity contribution in [2.45, 2.75) is 103 Å². The van der Waals surface area contributed by atoms with Crippen molar-refractivity contribution in [1.29, 1.82) is 0 Å². The first kappa shape index (κ1) is 21.8. The molecule has 1 N–H and O–H groups in total. The Hall–Kier alpha value is -0.513. The van der Waals surface area contributed by atoms with Crippen LogP contribution in [0.2, 0.25) is 21.6 Å². The standard InChI is InChI=1S/C22H38ClNOSi/c1-13(2)26(14(3)4,15(5)6)25-21-17(8)19-18(23)12-11-16(7)20(19)24-22(21,9)10/h11-15,17,21,24H,1-10H3. The summed E-state index contributed by atoms with van der Waals surface area (Å²) in [6.07, 6.45) is 0.105. The Morgan fingerprint density at radius 1 is 1.04 bits per heavy atom. The summed E-state index contributed by atoms with van der Waals surface area (Å²) in [5.74, 6) is 0.261. The number of rotatable bonds is 5. The lowest BCUT2D eigenvalue weighted by molar-refractivity contribution is 0.0913. The molecule has 1 aromatic rings. The lowest BCUT2D eigenvalue weighted by Gasteiger charge is -2.52. The number of anilines is 1. The Labute approximate surface area is 167 Å². The van der Waals surface area contributed by atoms with Gasteiger partial charge in [-0.2, -0.15) is 0 Å². The predicted molar refractivity (Wildman–Crippen MR) is 118 cm³/mol. The van der Waals surface area contributed by atoms with E-state index in [1.165, 1.54) is 16.8 Å². The second-order valence-electron chi connectivity index (χ2n) is 9.64. The van der Waals surface area contributed by atoms with Crippen LogP contribution in [0.1, 0.15) is 79.4 Å². The van der Waals surface area contributed by atoms with Crippen LogP contribution in [0.5, 0.6) is 0 Å². The average molecular weight is 396 g/mol. The molecule has 4 heteroatoms. The normalized spacial score (nSPS) is 22.7. The van der Waals surface area contributed by atoms with Crippen LogP contribution in [0.25, 0.3) is 0 Å². The zero-order valence-electron chi connectivity index (χ0n) is 18.3. The van der Waals surface area contributed by atoms with E-state index < -0.39 is 8.32 Å². The van der Waals surface area contributed by atoms with E-state index in [2.05, 4.69) is 80.6 Å². The summed E-state index contributed by atoms with van der Waals surface area (Å²) in [4.78, 5) is 0. The van der Waals surface area contributed by atoms with Crippen molar-refractivity contribution in [2.75, 3.05) is 5.32 Å². The zero-order valence-corrected chi connectivity index (χ0v) is 20.1. The molecule has 148 valence electrons. The van der Waals surface area contributed by atoms with E-state index in [9.17, 15) is 0 Å². The Morgan fingerprint density at radius 3 is 2.00 bits per heavy atom. The van der Waals surface area contributed by atoms with Gasteiger partial charge in [-0.15, -0.1) is 0 Å². The maximum atomic E-state index is 7.26. The van der Waals surface area contributed by atoms with E-state index in [4.69, 9.17) is 16.0 Å². The van der Waals surface area contributed by atoms with Crippen LogP contribution in [0.3, 0.4) is 0 Å². The summed E-state index contributed by atoms with van der Waals surface area (Å²) < 4.78 is 7.26. The lowest BCUT2D eigenvalue weighted by atomic mass is 9.78. The van der Waals surface area contributed by atoms with Crippen molar-refractivity contribution < 1.29 is 4.43 Å². The van der Waals surface area contributed by atoms with Crippen LogP contribution in [0, 0.1) is 6.92 Å². The Kier molecular flexibility index (Phi) is 6.27. The molecule has 1 heterocycles. The van der Waals surface area contributed by atoms with Gasteiger partial charge in [0.25, 0.3) is 0 Å². The summed E-state index contributed by atoms with van der Waals surface area (Å²) in [6, 6.07) is 4.13. The molecule has 2 unspecified atom stereocenters. The van der Waals surface area contributed by atoms with Crippen LogP contribution in [-0.2, 0) is 4.43 Å². The maximum Gasteiger partial charge on any atom is 0.200 e. The third-order valence-electron chi connectivity index (χ3n) is 6.51. The van der Waals surface area contributed by atoms with E-state index in [0.717, 1.165) is 5.02 Å². The molecule has 0 saturated carbocycles. The molecule has 0 aromatic heterocycles. The van der Waals surface area contributed by atoms with Gasteiger partial charge in [-0.1, -0.05) is 66.1 Å². The minimum atomic E-state index is -1.98. The Balaban J connectivity index is 2.56. The number of hydrogen-bond donors (Lipinski definition) is 1. The van der Waals surface area contributed by atoms with Gasteiger partial charge in [0, 0.05) is 16.6 Å². The second-order valence-corrected chi connectivity index (χ2v) is 15.5. The number of benzene rings is 1. The molecule has 0 radical (unpaired) electrons. The van der Waals surface area contributed by atoms with Gasteiger partial charge >= 0.3 is 0 Å². The van der Waals surface area contributed by atoms with E-state index in [1.807, 2.05) is 6.07 Å². The number of nitrogens with one attached hydrogen (secondary N) is 1. The number of hydrogen-bond acceptors (Lipinski definition) is 2. The monoisotopic (exact) mass is 395 g/mol. The van der Waals surface area contributed by atoms with Crippen molar-refractivity contribution in [3.8, 4) is 0 Å². The first-order valence-corrected chi connectivity index (χ1v) is 12.6. The molecule has 26 heavy (non-hydrogen) atoms. The smallest absolute Gasteiger partial charge is 0.200 e. The van der Waals surface area contributed by atoms with Gasteiger partial charge in [0.05, 0.1) is 11.6 Å². The fourth-order valence-corrected chi connectivity index (χ4v) is 11.4. The molecule has 0 saturated heterocycles. The molecule has 1 aromatic carbocycles. The molecular formula is C22H38ClNOSi. The van der Waals surface area contributed by atoms with Gasteiger partial charge < -0.3 is 9.74 Å². The van der Waals surface area contributed by atoms with E-state index >= 15 is 0 Å². The zero-order chi connectivity index (χ0) is 20.0. The fraction of sp³-hybridized carbons (Fsp3) is 0.727. The molecule has 1 aliphatic heterocycles. The molecule has 0 fully saturated rings. The largest absolute Gasteiger partial charge is 0.410 e. The van der Waals surface area contributed by atoms with Gasteiger partial charge in [-0.3, -0.25) is 0 Å². The molecule has 0 aliphatic carbocycles. The average Bonchev–Trinajstić information content (AvgIpc) is 2.49. The molecule has 0 spiro atoms. The summed E-state index contributed by atoms with van der Waals surface area (Å²) in [7, 11) is -1.98. The first-order valence-electron chi connectivity index (χ1n) is 10.1. The van der Waals surface area contributed by atoms with Gasteiger partial charge in [0.15, 0.2) is 0 Å². The Morgan fingerprint density at radius 2 is 1.54 bits per heavy atom. The van der Waals surface area contributed by atoms with E-state index in [0.29, 0.717) is 16.6 Å². The highest BCUT2D eigenvalue weighted by Crippen LogP contribution is 2.50. The fourth-order valence-electron chi connectivity index (χ4n) is 5.36. The third-order valence-corrected chi connectivity index (χ3v) is 12.9. The number of fused-ring (bicyclic) bond motifs is 1. The summed E-state index contributed by atoms with van der Waals surface area (Å²) in [6.45, 7) is 23.1. The minimum absolute atomic E-state index is 0.105. The van der Waals surface area contributed by atoms with Crippen molar-refractivity contribution in [3.05, 3.63) is 28.3 Å². The van der Waals surface area contributed by atoms with Crippen LogP contribution >= 0.6 is 11.6 Å². The van der Waals surface area contributed by atoms with Gasteiger partial charge in [0.1, 0.15) is 0 Å². The maximum absolute atomic E-state index is 7.26. The SMILES string of the molecule is Cc1ccc(Cl)c2c1NC(C)(C)C(O[Si](C(C)C)(C(C)C)C(C)C)C2C. The van der Waals surface area contributed by atoms with E-state index in [-0.39, 0.29) is 17.6 Å². The third kappa shape index (κ3) is 3.47. The van der Waals surface area contributed by atoms with Crippen LogP contribution < -0.4 is 5.32 Å². The van der Waals surface area contributed by atoms with Crippen molar-refractivity contribution >= 4 is 25.6 Å². The van der Waals surface area contributed by atoms with Crippen molar-refractivity contribution in [3.63, 3.8) is 0 Å². The predicted octanol–water partition coefficient (Wildman–Crippen LogP) is 7.52. The molecule has 0 bridgehead atoms. The van der Waals surface area contributed by atoms with Crippen LogP contribution in [0.4, 0.5) is 5.69 Å². The molecule has 0 amide bonds. The summed E-state index contributed by atoms with van der Waals surface area (Å²) >= 11 is 6.64. The Bertz CT molecular complexity index is 632. The molecule has 2 atom stereocenters. The second kappa shape index (κ2) is 7.48. The molecule has 2 rings (SSSR count). The highest BCUT2D eigenvalue weighted by atomic mass is 35.5. The van der Waals surface area contributed by atoms with Crippen molar-refractivity contribution in [2.24, 2.45) is 0 Å². The topological polar surface area (TPSA) is 21.3 Å². The van der Waals surface area contributed by atoms with Crippen molar-refractivity contribution in [1.82, 2.24) is 0 Å².